The first kappa shape index (κ1) is 16.2. The number of guanidine groups is 1. The van der Waals surface area contributed by atoms with Crippen LogP contribution in [0.2, 0.25) is 5.02 Å². The molecule has 4 rings (SSSR count). The minimum Gasteiger partial charge on any atom is -0.326 e. The second kappa shape index (κ2) is 6.89. The van der Waals surface area contributed by atoms with Gasteiger partial charge in [0.2, 0.25) is 11.9 Å². The molecule has 1 heterocycles. The van der Waals surface area contributed by atoms with Crippen molar-refractivity contribution in [3.8, 4) is 0 Å². The summed E-state index contributed by atoms with van der Waals surface area (Å²) in [5, 5.41) is 4.02. The molecular weight excluding hydrogens is 334 g/mol. The van der Waals surface area contributed by atoms with Crippen LogP contribution in [0.4, 0.5) is 5.69 Å². The largest absolute Gasteiger partial charge is 0.326 e. The highest BCUT2D eigenvalue weighted by atomic mass is 35.5. The Labute approximate surface area is 152 Å². The Hall–Kier alpha value is -2.33. The summed E-state index contributed by atoms with van der Waals surface area (Å²) in [7, 11) is 0. The molecule has 1 amide bonds. The number of carbonyl (C=O) groups excluding carboxylic acids is 1. The maximum Gasteiger partial charge on any atom is 0.233 e. The van der Waals surface area contributed by atoms with Gasteiger partial charge < -0.3 is 5.32 Å². The molecule has 1 aliphatic heterocycles. The minimum absolute atomic E-state index is 0.0180. The smallest absolute Gasteiger partial charge is 0.233 e. The molecule has 0 bridgehead atoms. The number of anilines is 1. The van der Waals surface area contributed by atoms with Crippen LogP contribution in [-0.4, -0.2) is 29.9 Å². The summed E-state index contributed by atoms with van der Waals surface area (Å²) < 4.78 is 0. The molecular formula is C20H20ClN3O. The van der Waals surface area contributed by atoms with Gasteiger partial charge in [-0.3, -0.25) is 14.7 Å². The molecule has 128 valence electrons. The van der Waals surface area contributed by atoms with Gasteiger partial charge in [-0.1, -0.05) is 41.9 Å². The number of hydrogen-bond acceptors (Lipinski definition) is 3. The fraction of sp³-hybridized carbons (Fsp3) is 0.300. The van der Waals surface area contributed by atoms with Crippen LogP contribution < -0.4 is 5.32 Å². The monoisotopic (exact) mass is 353 g/mol. The van der Waals surface area contributed by atoms with Gasteiger partial charge in [-0.15, -0.1) is 0 Å². The Morgan fingerprint density at radius 3 is 2.92 bits per heavy atom. The molecule has 2 aromatic rings. The molecule has 1 N–H and O–H groups in total. The van der Waals surface area contributed by atoms with E-state index in [-0.39, 0.29) is 12.3 Å². The third kappa shape index (κ3) is 3.27. The van der Waals surface area contributed by atoms with Gasteiger partial charge in [0, 0.05) is 17.3 Å². The number of nitrogens with zero attached hydrogens (tertiary/aromatic N) is 2. The van der Waals surface area contributed by atoms with Gasteiger partial charge in [-0.2, -0.15) is 0 Å². The number of hydrogen-bond donors (Lipinski definition) is 1. The first-order chi connectivity index (χ1) is 12.2. The summed E-state index contributed by atoms with van der Waals surface area (Å²) in [4.78, 5) is 19.0. The van der Waals surface area contributed by atoms with Gasteiger partial charge in [0.05, 0.1) is 13.0 Å². The molecule has 0 saturated heterocycles. The molecule has 0 unspecified atom stereocenters. The van der Waals surface area contributed by atoms with Crippen LogP contribution >= 0.6 is 11.6 Å². The van der Waals surface area contributed by atoms with Crippen LogP contribution in [0.5, 0.6) is 0 Å². The van der Waals surface area contributed by atoms with Crippen molar-refractivity contribution in [3.63, 3.8) is 0 Å². The van der Waals surface area contributed by atoms with E-state index in [9.17, 15) is 4.79 Å². The molecule has 0 fully saturated rings. The number of rotatable bonds is 3. The van der Waals surface area contributed by atoms with Crippen LogP contribution in [0, 0.1) is 0 Å². The highest BCUT2D eigenvalue weighted by Gasteiger charge is 2.25. The van der Waals surface area contributed by atoms with Gasteiger partial charge in [-0.25, -0.2) is 0 Å². The number of halogens is 1. The molecule has 0 saturated carbocycles. The van der Waals surface area contributed by atoms with Crippen molar-refractivity contribution in [1.29, 1.82) is 0 Å². The lowest BCUT2D eigenvalue weighted by Gasteiger charge is -2.21. The van der Waals surface area contributed by atoms with E-state index in [1.54, 1.807) is 4.90 Å². The van der Waals surface area contributed by atoms with Crippen molar-refractivity contribution in [3.05, 3.63) is 64.2 Å². The van der Waals surface area contributed by atoms with E-state index in [2.05, 4.69) is 28.5 Å². The van der Waals surface area contributed by atoms with Gasteiger partial charge in [0.25, 0.3) is 0 Å². The van der Waals surface area contributed by atoms with Crippen LogP contribution in [0.15, 0.2) is 47.5 Å². The van der Waals surface area contributed by atoms with Crippen molar-refractivity contribution in [2.45, 2.75) is 25.7 Å². The average Bonchev–Trinajstić information content (AvgIpc) is 3.26. The van der Waals surface area contributed by atoms with Gasteiger partial charge in [0.15, 0.2) is 0 Å². The van der Waals surface area contributed by atoms with Crippen molar-refractivity contribution >= 4 is 29.2 Å². The van der Waals surface area contributed by atoms with E-state index in [4.69, 9.17) is 11.6 Å². The summed E-state index contributed by atoms with van der Waals surface area (Å²) in [5.74, 6) is 0.668. The lowest BCUT2D eigenvalue weighted by Crippen LogP contribution is -2.39. The van der Waals surface area contributed by atoms with Crippen molar-refractivity contribution in [2.24, 2.45) is 4.99 Å². The predicted molar refractivity (Wildman–Crippen MR) is 101 cm³/mol. The van der Waals surface area contributed by atoms with E-state index in [1.807, 2.05) is 24.3 Å². The number of benzene rings is 2. The molecule has 0 aromatic heterocycles. The Morgan fingerprint density at radius 2 is 2.04 bits per heavy atom. The van der Waals surface area contributed by atoms with E-state index in [0.29, 0.717) is 24.1 Å². The first-order valence-corrected chi connectivity index (χ1v) is 9.06. The molecule has 2 aliphatic rings. The van der Waals surface area contributed by atoms with Crippen LogP contribution in [0.25, 0.3) is 0 Å². The van der Waals surface area contributed by atoms with E-state index in [0.717, 1.165) is 24.1 Å². The first-order valence-electron chi connectivity index (χ1n) is 8.68. The molecule has 5 heteroatoms. The summed E-state index contributed by atoms with van der Waals surface area (Å²) in [6, 6.07) is 13.8. The van der Waals surface area contributed by atoms with Crippen molar-refractivity contribution in [2.75, 3.05) is 18.4 Å². The maximum absolute atomic E-state index is 12.7. The summed E-state index contributed by atoms with van der Waals surface area (Å²) in [6.45, 7) is 1.24. The second-order valence-corrected chi connectivity index (χ2v) is 6.85. The number of aryl methyl sites for hydroxylation is 1. The quantitative estimate of drug-likeness (QED) is 0.914. The average molecular weight is 354 g/mol. The van der Waals surface area contributed by atoms with E-state index >= 15 is 0 Å². The second-order valence-electron chi connectivity index (χ2n) is 6.44. The Kier molecular flexibility index (Phi) is 4.45. The van der Waals surface area contributed by atoms with Gasteiger partial charge in [0.1, 0.15) is 0 Å². The number of aliphatic imine (C=N–C) groups is 1. The lowest BCUT2D eigenvalue weighted by molar-refractivity contribution is -0.126. The fourth-order valence-corrected chi connectivity index (χ4v) is 3.76. The van der Waals surface area contributed by atoms with Crippen molar-refractivity contribution < 1.29 is 4.79 Å². The van der Waals surface area contributed by atoms with Gasteiger partial charge in [-0.05, 0) is 48.1 Å². The van der Waals surface area contributed by atoms with Crippen LogP contribution in [0.1, 0.15) is 23.1 Å². The van der Waals surface area contributed by atoms with Crippen molar-refractivity contribution in [1.82, 2.24) is 4.90 Å². The zero-order valence-corrected chi connectivity index (χ0v) is 14.7. The highest BCUT2D eigenvalue weighted by molar-refractivity contribution is 6.31. The Balaban J connectivity index is 1.50. The van der Waals surface area contributed by atoms with E-state index in [1.165, 1.54) is 17.5 Å². The molecule has 2 aromatic carbocycles. The van der Waals surface area contributed by atoms with Crippen LogP contribution in [0.3, 0.4) is 0 Å². The van der Waals surface area contributed by atoms with Gasteiger partial charge >= 0.3 is 0 Å². The highest BCUT2D eigenvalue weighted by Crippen LogP contribution is 2.29. The third-order valence-corrected chi connectivity index (χ3v) is 5.20. The predicted octanol–water partition coefficient (Wildman–Crippen LogP) is 3.68. The Bertz CT molecular complexity index is 847. The lowest BCUT2D eigenvalue weighted by atomic mass is 10.1. The number of nitrogens with one attached hydrogen (secondary N) is 1. The number of amides is 1. The number of carbonyl (C=O) groups is 1. The summed E-state index contributed by atoms with van der Waals surface area (Å²) in [6.07, 6.45) is 3.69. The topological polar surface area (TPSA) is 44.7 Å². The summed E-state index contributed by atoms with van der Waals surface area (Å²) >= 11 is 6.19. The molecule has 4 nitrogen and oxygen atoms in total. The maximum atomic E-state index is 12.7. The number of fused-ring (bicyclic) bond motifs is 1. The molecule has 25 heavy (non-hydrogen) atoms. The molecule has 1 aliphatic carbocycles. The Morgan fingerprint density at radius 1 is 1.16 bits per heavy atom. The SMILES string of the molecule is O=C(Cc1ccccc1Cl)N1CCN=C1Nc1cccc2c1CCC2. The normalized spacial score (nSPS) is 15.9. The van der Waals surface area contributed by atoms with Crippen LogP contribution in [-0.2, 0) is 24.1 Å². The summed E-state index contributed by atoms with van der Waals surface area (Å²) in [5.41, 5.74) is 4.68. The third-order valence-electron chi connectivity index (χ3n) is 4.83. The minimum atomic E-state index is 0.0180. The molecule has 0 radical (unpaired) electrons. The van der Waals surface area contributed by atoms with E-state index < -0.39 is 0 Å². The standard InChI is InChI=1S/C20H20ClN3O/c21-17-9-2-1-5-15(17)13-19(25)24-12-11-22-20(24)23-18-10-4-7-14-6-3-8-16(14)18/h1-2,4-5,7,9-10H,3,6,8,11-13H2,(H,22,23). The zero-order valence-electron chi connectivity index (χ0n) is 14.0. The molecule has 0 spiro atoms. The molecule has 0 atom stereocenters. The fourth-order valence-electron chi connectivity index (χ4n) is 3.55. The zero-order chi connectivity index (χ0) is 17.2.